The summed E-state index contributed by atoms with van der Waals surface area (Å²) in [6, 6.07) is 3.76. The van der Waals surface area contributed by atoms with E-state index in [1.807, 2.05) is 0 Å². The Labute approximate surface area is 212 Å². The predicted molar refractivity (Wildman–Crippen MR) is 116 cm³/mol. The maximum absolute atomic E-state index is 14.7. The molecule has 0 fully saturated rings. The van der Waals surface area contributed by atoms with Gasteiger partial charge >= 0.3 is 11.9 Å². The van der Waals surface area contributed by atoms with Crippen LogP contribution in [-0.2, 0) is 31.1 Å². The van der Waals surface area contributed by atoms with Crippen LogP contribution in [0.1, 0.15) is 29.5 Å². The van der Waals surface area contributed by atoms with Crippen LogP contribution in [-0.4, -0.2) is 14.2 Å². The van der Waals surface area contributed by atoms with Gasteiger partial charge in [0.2, 0.25) is 5.88 Å². The first kappa shape index (κ1) is 29.1. The Bertz CT molecular complexity index is 1470. The second-order valence-corrected chi connectivity index (χ2v) is 8.54. The van der Waals surface area contributed by atoms with Crippen LogP contribution in [0.4, 0.5) is 39.5 Å². The Balaban J connectivity index is 1.87. The second kappa shape index (κ2) is 10.4. The number of halogens is 10. The minimum atomic E-state index is -5.04. The molecule has 3 aromatic rings. The number of hydrogen-bond acceptors (Lipinski definition) is 3. The van der Waals surface area contributed by atoms with Crippen molar-refractivity contribution in [2.45, 2.75) is 44.0 Å². The van der Waals surface area contributed by atoms with E-state index >= 15 is 0 Å². The number of alkyl halides is 7. The van der Waals surface area contributed by atoms with E-state index in [9.17, 15) is 54.2 Å². The normalized spacial score (nSPS) is 12.7. The average Bonchev–Trinajstić information content (AvgIpc) is 2.79. The Hall–Kier alpha value is -3.42. The summed E-state index contributed by atoms with van der Waals surface area (Å²) in [5, 5.41) is 9.10. The molecular weight excluding hydrogens is 559 g/mol. The first-order chi connectivity index (χ1) is 17.5. The minimum absolute atomic E-state index is 0.125. The second-order valence-electron chi connectivity index (χ2n) is 8.13. The molecule has 2 aromatic carbocycles. The van der Waals surface area contributed by atoms with Crippen LogP contribution < -0.4 is 11.2 Å². The van der Waals surface area contributed by atoms with E-state index in [2.05, 4.69) is 0 Å². The maximum atomic E-state index is 14.7. The van der Waals surface area contributed by atoms with Crippen LogP contribution in [0.2, 0.25) is 5.02 Å². The van der Waals surface area contributed by atoms with Gasteiger partial charge in [-0.2, -0.15) is 13.2 Å². The van der Waals surface area contributed by atoms with E-state index < -0.39 is 94.4 Å². The van der Waals surface area contributed by atoms with Gasteiger partial charge in [0.15, 0.2) is 11.6 Å². The zero-order chi connectivity index (χ0) is 28.6. The molecule has 0 aliphatic heterocycles. The molecule has 0 bridgehead atoms. The van der Waals surface area contributed by atoms with E-state index in [1.54, 1.807) is 0 Å². The number of nitrogens with zero attached hydrogens (tertiary/aromatic N) is 2. The van der Waals surface area contributed by atoms with Crippen LogP contribution in [0, 0.1) is 11.6 Å². The van der Waals surface area contributed by atoms with Gasteiger partial charge in [-0.3, -0.25) is 13.9 Å². The Morgan fingerprint density at radius 3 is 2.03 bits per heavy atom. The fraction of sp³-hybridized carbons (Fsp3) is 0.304. The molecule has 0 saturated heterocycles. The number of hydrogen-bond donors (Lipinski definition) is 1. The highest BCUT2D eigenvalue weighted by atomic mass is 35.5. The summed E-state index contributed by atoms with van der Waals surface area (Å²) in [5.74, 6) is -12.6. The SMILES string of the molecule is O=c1cc(O)n(CCC(F)(F)c2ccc(Cl)c(C(F)(F)F)c2)c(=O)n1CCC(F)(F)c1cccc(F)c1F. The Morgan fingerprint density at radius 2 is 1.39 bits per heavy atom. The predicted octanol–water partition coefficient (Wildman–Crippen LogP) is 6.03. The highest BCUT2D eigenvalue weighted by Crippen LogP contribution is 2.40. The van der Waals surface area contributed by atoms with Crippen LogP contribution >= 0.6 is 11.6 Å². The first-order valence-corrected chi connectivity index (χ1v) is 10.9. The molecule has 15 heteroatoms. The zero-order valence-corrected chi connectivity index (χ0v) is 19.6. The number of rotatable bonds is 8. The summed E-state index contributed by atoms with van der Waals surface area (Å²) in [7, 11) is 0. The van der Waals surface area contributed by atoms with Gasteiger partial charge in [0.25, 0.3) is 17.4 Å². The minimum Gasteiger partial charge on any atom is -0.494 e. The molecule has 1 aromatic heterocycles. The van der Waals surface area contributed by atoms with Crippen molar-refractivity contribution in [3.63, 3.8) is 0 Å². The molecule has 1 N–H and O–H groups in total. The molecule has 0 amide bonds. The van der Waals surface area contributed by atoms with Crippen LogP contribution in [0.25, 0.3) is 0 Å². The van der Waals surface area contributed by atoms with E-state index in [-0.39, 0.29) is 15.2 Å². The summed E-state index contributed by atoms with van der Waals surface area (Å²) < 4.78 is 125. The largest absolute Gasteiger partial charge is 0.494 e. The number of benzene rings is 2. The molecule has 0 spiro atoms. The molecule has 0 atom stereocenters. The van der Waals surface area contributed by atoms with Gasteiger partial charge in [-0.15, -0.1) is 0 Å². The Morgan fingerprint density at radius 1 is 0.789 bits per heavy atom. The highest BCUT2D eigenvalue weighted by molar-refractivity contribution is 6.31. The molecular formula is C23H16ClF9N2O3. The van der Waals surface area contributed by atoms with Gasteiger partial charge in [-0.05, 0) is 24.3 Å². The molecule has 0 aliphatic rings. The van der Waals surface area contributed by atoms with Gasteiger partial charge in [0.1, 0.15) is 0 Å². The van der Waals surface area contributed by atoms with Crippen molar-refractivity contribution < 1.29 is 44.6 Å². The molecule has 206 valence electrons. The highest BCUT2D eigenvalue weighted by Gasteiger charge is 2.39. The van der Waals surface area contributed by atoms with Crippen LogP contribution in [0.15, 0.2) is 52.1 Å². The summed E-state index contributed by atoms with van der Waals surface area (Å²) in [4.78, 5) is 24.8. The van der Waals surface area contributed by atoms with Crippen molar-refractivity contribution in [3.05, 3.63) is 96.7 Å². The van der Waals surface area contributed by atoms with Gasteiger partial charge in [0, 0.05) is 31.5 Å². The lowest BCUT2D eigenvalue weighted by Crippen LogP contribution is -2.40. The number of aromatic nitrogens is 2. The van der Waals surface area contributed by atoms with Crippen molar-refractivity contribution >= 4 is 11.6 Å². The zero-order valence-electron chi connectivity index (χ0n) is 18.8. The van der Waals surface area contributed by atoms with E-state index in [4.69, 9.17) is 11.6 Å². The average molecular weight is 575 g/mol. The molecule has 5 nitrogen and oxygen atoms in total. The molecule has 0 radical (unpaired) electrons. The van der Waals surface area contributed by atoms with E-state index in [0.717, 1.165) is 6.07 Å². The molecule has 0 saturated carbocycles. The molecule has 0 unspecified atom stereocenters. The van der Waals surface area contributed by atoms with Crippen molar-refractivity contribution in [1.82, 2.24) is 9.13 Å². The monoisotopic (exact) mass is 574 g/mol. The Kier molecular flexibility index (Phi) is 7.97. The number of aromatic hydroxyl groups is 1. The van der Waals surface area contributed by atoms with Crippen molar-refractivity contribution in [2.24, 2.45) is 0 Å². The third kappa shape index (κ3) is 6.00. The molecule has 0 aliphatic carbocycles. The summed E-state index contributed by atoms with van der Waals surface area (Å²) in [6.07, 6.45) is -7.76. The van der Waals surface area contributed by atoms with Gasteiger partial charge in [-0.1, -0.05) is 23.7 Å². The van der Waals surface area contributed by atoms with Crippen molar-refractivity contribution in [1.29, 1.82) is 0 Å². The van der Waals surface area contributed by atoms with Crippen LogP contribution in [0.3, 0.4) is 0 Å². The fourth-order valence-electron chi connectivity index (χ4n) is 3.56. The third-order valence-electron chi connectivity index (χ3n) is 5.60. The van der Waals surface area contributed by atoms with E-state index in [1.165, 1.54) is 0 Å². The maximum Gasteiger partial charge on any atom is 0.417 e. The van der Waals surface area contributed by atoms with Gasteiger partial charge < -0.3 is 5.11 Å². The summed E-state index contributed by atoms with van der Waals surface area (Å²) in [5.41, 5.74) is -6.76. The fourth-order valence-corrected chi connectivity index (χ4v) is 3.78. The lowest BCUT2D eigenvalue weighted by molar-refractivity contribution is -0.137. The van der Waals surface area contributed by atoms with Gasteiger partial charge in [-0.25, -0.2) is 31.1 Å². The first-order valence-electron chi connectivity index (χ1n) is 10.6. The molecule has 38 heavy (non-hydrogen) atoms. The molecule has 3 rings (SSSR count). The molecule has 1 heterocycles. The van der Waals surface area contributed by atoms with Crippen molar-refractivity contribution in [2.75, 3.05) is 0 Å². The smallest absolute Gasteiger partial charge is 0.417 e. The van der Waals surface area contributed by atoms with E-state index in [0.29, 0.717) is 30.3 Å². The van der Waals surface area contributed by atoms with Gasteiger partial charge in [0.05, 0.1) is 22.2 Å². The lowest BCUT2D eigenvalue weighted by Gasteiger charge is -2.21. The topological polar surface area (TPSA) is 64.2 Å². The van der Waals surface area contributed by atoms with Crippen LogP contribution in [0.5, 0.6) is 5.88 Å². The third-order valence-corrected chi connectivity index (χ3v) is 5.93. The van der Waals surface area contributed by atoms with Crippen molar-refractivity contribution in [3.8, 4) is 5.88 Å². The summed E-state index contributed by atoms with van der Waals surface area (Å²) >= 11 is 5.43. The quantitative estimate of drug-likeness (QED) is 0.334. The standard InChI is InChI=1S/C23H16ClF9N2O3/c24-15-5-4-12(10-14(15)23(31,32)33)21(27,28)6-8-34-17(36)11-18(37)35(20(34)38)9-7-22(29,30)13-2-1-3-16(25)19(13)26/h1-5,10-11,36H,6-9H2. The lowest BCUT2D eigenvalue weighted by atomic mass is 10.0. The summed E-state index contributed by atoms with van der Waals surface area (Å²) in [6.45, 7) is -2.12.